The number of benzene rings is 2. The van der Waals surface area contributed by atoms with Crippen LogP contribution >= 0.6 is 0 Å². The topological polar surface area (TPSA) is 86.8 Å². The molecule has 1 fully saturated rings. The Balaban J connectivity index is 1.28. The molecule has 180 valence electrons. The molecule has 9 nitrogen and oxygen atoms in total. The SMILES string of the molecule is CC(C)CN(C[C@H]1CN(C(=O)c2ccc3c(c2)OCO3)CCO1)C(=O)c1ccc2c(c1)OCO2. The lowest BCUT2D eigenvalue weighted by molar-refractivity contribution is -0.0340. The molecular weight excluding hydrogens is 440 g/mol. The van der Waals surface area contributed by atoms with Gasteiger partial charge < -0.3 is 33.5 Å². The first-order chi connectivity index (χ1) is 16.5. The van der Waals surface area contributed by atoms with Gasteiger partial charge in [0.1, 0.15) is 0 Å². The fourth-order valence-electron chi connectivity index (χ4n) is 4.37. The van der Waals surface area contributed by atoms with Crippen LogP contribution in [0.5, 0.6) is 23.0 Å². The van der Waals surface area contributed by atoms with Crippen molar-refractivity contribution < 1.29 is 33.3 Å². The number of rotatable bonds is 6. The highest BCUT2D eigenvalue weighted by Gasteiger charge is 2.30. The van der Waals surface area contributed by atoms with E-state index < -0.39 is 0 Å². The van der Waals surface area contributed by atoms with Gasteiger partial charge in [0.05, 0.1) is 12.7 Å². The smallest absolute Gasteiger partial charge is 0.254 e. The summed E-state index contributed by atoms with van der Waals surface area (Å²) in [5, 5.41) is 0. The summed E-state index contributed by atoms with van der Waals surface area (Å²) in [7, 11) is 0. The summed E-state index contributed by atoms with van der Waals surface area (Å²) in [5.41, 5.74) is 1.08. The van der Waals surface area contributed by atoms with Crippen LogP contribution in [0.2, 0.25) is 0 Å². The summed E-state index contributed by atoms with van der Waals surface area (Å²) in [5.74, 6) is 2.51. The zero-order valence-corrected chi connectivity index (χ0v) is 19.3. The van der Waals surface area contributed by atoms with Gasteiger partial charge in [-0.15, -0.1) is 0 Å². The highest BCUT2D eigenvalue weighted by atomic mass is 16.7. The molecule has 3 aliphatic rings. The lowest BCUT2D eigenvalue weighted by Crippen LogP contribution is -2.51. The molecule has 0 N–H and O–H groups in total. The fraction of sp³-hybridized carbons (Fsp3) is 0.440. The van der Waals surface area contributed by atoms with E-state index in [1.54, 1.807) is 46.2 Å². The van der Waals surface area contributed by atoms with Gasteiger partial charge in [0, 0.05) is 37.3 Å². The van der Waals surface area contributed by atoms with E-state index in [1.807, 2.05) is 0 Å². The largest absolute Gasteiger partial charge is 0.454 e. The summed E-state index contributed by atoms with van der Waals surface area (Å²) >= 11 is 0. The van der Waals surface area contributed by atoms with Gasteiger partial charge in [0.25, 0.3) is 11.8 Å². The van der Waals surface area contributed by atoms with E-state index in [1.165, 1.54) is 0 Å². The molecule has 1 atom stereocenters. The second-order valence-electron chi connectivity index (χ2n) is 8.98. The third kappa shape index (κ3) is 4.61. The lowest BCUT2D eigenvalue weighted by atomic mass is 10.1. The maximum absolute atomic E-state index is 13.4. The predicted octanol–water partition coefficient (Wildman–Crippen LogP) is 2.78. The highest BCUT2D eigenvalue weighted by molar-refractivity contribution is 5.96. The van der Waals surface area contributed by atoms with E-state index in [-0.39, 0.29) is 37.4 Å². The molecule has 2 aromatic rings. The first-order valence-electron chi connectivity index (χ1n) is 11.5. The van der Waals surface area contributed by atoms with Gasteiger partial charge in [0.15, 0.2) is 23.0 Å². The van der Waals surface area contributed by atoms with Gasteiger partial charge in [-0.3, -0.25) is 9.59 Å². The van der Waals surface area contributed by atoms with Gasteiger partial charge in [0.2, 0.25) is 13.6 Å². The van der Waals surface area contributed by atoms with E-state index >= 15 is 0 Å². The van der Waals surface area contributed by atoms with Crippen LogP contribution in [0.25, 0.3) is 0 Å². The molecule has 0 spiro atoms. The van der Waals surface area contributed by atoms with Crippen LogP contribution in [-0.2, 0) is 4.74 Å². The van der Waals surface area contributed by atoms with Crippen molar-refractivity contribution in [3.05, 3.63) is 47.5 Å². The van der Waals surface area contributed by atoms with Crippen molar-refractivity contribution in [2.45, 2.75) is 20.0 Å². The van der Waals surface area contributed by atoms with Crippen molar-refractivity contribution >= 4 is 11.8 Å². The van der Waals surface area contributed by atoms with Crippen LogP contribution in [-0.4, -0.2) is 74.1 Å². The van der Waals surface area contributed by atoms with Crippen molar-refractivity contribution in [2.24, 2.45) is 5.92 Å². The third-order valence-electron chi connectivity index (χ3n) is 5.96. The molecule has 5 rings (SSSR count). The van der Waals surface area contributed by atoms with Gasteiger partial charge in [-0.1, -0.05) is 13.8 Å². The van der Waals surface area contributed by atoms with Crippen molar-refractivity contribution in [1.29, 1.82) is 0 Å². The average Bonchev–Trinajstić information content (AvgIpc) is 3.51. The number of amides is 2. The van der Waals surface area contributed by atoms with Gasteiger partial charge >= 0.3 is 0 Å². The number of fused-ring (bicyclic) bond motifs is 2. The summed E-state index contributed by atoms with van der Waals surface area (Å²) in [6.45, 7) is 6.71. The molecule has 2 aromatic carbocycles. The molecule has 0 aromatic heterocycles. The zero-order chi connectivity index (χ0) is 23.7. The van der Waals surface area contributed by atoms with Crippen LogP contribution < -0.4 is 18.9 Å². The maximum atomic E-state index is 13.4. The second-order valence-corrected chi connectivity index (χ2v) is 8.98. The standard InChI is InChI=1S/C25H28N2O7/c1-16(2)11-27(25(29)18-4-6-21-23(10-18)34-15-32-21)13-19-12-26(7-8-30-19)24(28)17-3-5-20-22(9-17)33-14-31-20/h3-6,9-10,16,19H,7-8,11-15H2,1-2H3/t19-/m1/s1. The molecule has 0 aliphatic carbocycles. The van der Waals surface area contributed by atoms with Crippen molar-refractivity contribution in [2.75, 3.05) is 46.4 Å². The Morgan fingerprint density at radius 1 is 0.941 bits per heavy atom. The average molecular weight is 469 g/mol. The molecular formula is C25H28N2O7. The van der Waals surface area contributed by atoms with E-state index in [0.29, 0.717) is 66.9 Å². The minimum atomic E-state index is -0.288. The molecule has 3 aliphatic heterocycles. The van der Waals surface area contributed by atoms with E-state index in [0.717, 1.165) is 0 Å². The zero-order valence-electron chi connectivity index (χ0n) is 19.3. The number of ether oxygens (including phenoxy) is 5. The Bertz CT molecular complexity index is 1090. The summed E-state index contributed by atoms with van der Waals surface area (Å²) in [6.07, 6.45) is -0.288. The number of morpholine rings is 1. The Morgan fingerprint density at radius 2 is 1.56 bits per heavy atom. The molecule has 0 bridgehead atoms. The van der Waals surface area contributed by atoms with Crippen LogP contribution in [0.3, 0.4) is 0 Å². The minimum absolute atomic E-state index is 0.0934. The van der Waals surface area contributed by atoms with E-state index in [9.17, 15) is 9.59 Å². The second kappa shape index (κ2) is 9.42. The highest BCUT2D eigenvalue weighted by Crippen LogP contribution is 2.34. The molecule has 0 saturated carbocycles. The monoisotopic (exact) mass is 468 g/mol. The molecule has 2 amide bonds. The first kappa shape index (κ1) is 22.3. The van der Waals surface area contributed by atoms with Crippen molar-refractivity contribution in [1.82, 2.24) is 9.80 Å². The fourth-order valence-corrected chi connectivity index (χ4v) is 4.37. The lowest BCUT2D eigenvalue weighted by Gasteiger charge is -2.36. The summed E-state index contributed by atoms with van der Waals surface area (Å²) in [6, 6.07) is 10.4. The van der Waals surface area contributed by atoms with Crippen LogP contribution in [0.15, 0.2) is 36.4 Å². The predicted molar refractivity (Wildman–Crippen MR) is 122 cm³/mol. The Morgan fingerprint density at radius 3 is 2.24 bits per heavy atom. The number of carbonyl (C=O) groups is 2. The summed E-state index contributed by atoms with van der Waals surface area (Å²) < 4.78 is 27.5. The molecule has 0 radical (unpaired) electrons. The molecule has 34 heavy (non-hydrogen) atoms. The Hall–Kier alpha value is -3.46. The van der Waals surface area contributed by atoms with Crippen LogP contribution in [0.1, 0.15) is 34.6 Å². The van der Waals surface area contributed by atoms with Gasteiger partial charge in [-0.2, -0.15) is 0 Å². The molecule has 9 heteroatoms. The summed E-state index contributed by atoms with van der Waals surface area (Å²) in [4.78, 5) is 30.1. The van der Waals surface area contributed by atoms with Crippen molar-refractivity contribution in [3.8, 4) is 23.0 Å². The minimum Gasteiger partial charge on any atom is -0.454 e. The number of hydrogen-bond donors (Lipinski definition) is 0. The van der Waals surface area contributed by atoms with Gasteiger partial charge in [-0.05, 0) is 42.3 Å². The Labute approximate surface area is 198 Å². The number of nitrogens with zero attached hydrogens (tertiary/aromatic N) is 2. The van der Waals surface area contributed by atoms with E-state index in [2.05, 4.69) is 13.8 Å². The number of carbonyl (C=O) groups excluding carboxylic acids is 2. The molecule has 0 unspecified atom stereocenters. The molecule has 3 heterocycles. The Kier molecular flexibility index (Phi) is 6.19. The van der Waals surface area contributed by atoms with Crippen molar-refractivity contribution in [3.63, 3.8) is 0 Å². The molecule has 1 saturated heterocycles. The van der Waals surface area contributed by atoms with Gasteiger partial charge in [-0.25, -0.2) is 0 Å². The van der Waals surface area contributed by atoms with E-state index in [4.69, 9.17) is 23.7 Å². The normalized spacial score (nSPS) is 18.3. The van der Waals surface area contributed by atoms with Crippen LogP contribution in [0.4, 0.5) is 0 Å². The van der Waals surface area contributed by atoms with Crippen LogP contribution in [0, 0.1) is 5.92 Å². The maximum Gasteiger partial charge on any atom is 0.254 e. The first-order valence-corrected chi connectivity index (χ1v) is 11.5. The third-order valence-corrected chi connectivity index (χ3v) is 5.96. The quantitative estimate of drug-likeness (QED) is 0.644. The number of hydrogen-bond acceptors (Lipinski definition) is 7.